The molecule has 1 aliphatic heterocycles. The van der Waals surface area contributed by atoms with Gasteiger partial charge in [0.25, 0.3) is 0 Å². The molecule has 4 heteroatoms. The SMILES string of the molecule is CC(C)(C)OC(=O)N1CCCCC2(CC=CCC2)C1=O. The highest BCUT2D eigenvalue weighted by Gasteiger charge is 2.44. The highest BCUT2D eigenvalue weighted by Crippen LogP contribution is 2.41. The summed E-state index contributed by atoms with van der Waals surface area (Å²) in [4.78, 5) is 26.5. The molecule has 1 aliphatic carbocycles. The van der Waals surface area contributed by atoms with E-state index in [0.717, 1.165) is 38.5 Å². The lowest BCUT2D eigenvalue weighted by atomic mass is 9.73. The maximum Gasteiger partial charge on any atom is 0.417 e. The molecule has 112 valence electrons. The number of rotatable bonds is 0. The number of imide groups is 1. The minimum Gasteiger partial charge on any atom is -0.443 e. The molecule has 0 saturated carbocycles. The van der Waals surface area contributed by atoms with E-state index in [4.69, 9.17) is 4.74 Å². The van der Waals surface area contributed by atoms with Gasteiger partial charge in [-0.2, -0.15) is 0 Å². The summed E-state index contributed by atoms with van der Waals surface area (Å²) in [5, 5.41) is 0. The second kappa shape index (κ2) is 5.58. The first kappa shape index (κ1) is 15.1. The monoisotopic (exact) mass is 279 g/mol. The van der Waals surface area contributed by atoms with Crippen LogP contribution < -0.4 is 0 Å². The van der Waals surface area contributed by atoms with Crippen molar-refractivity contribution in [3.63, 3.8) is 0 Å². The third-order valence-electron chi connectivity index (χ3n) is 4.06. The number of hydrogen-bond acceptors (Lipinski definition) is 3. The van der Waals surface area contributed by atoms with Gasteiger partial charge < -0.3 is 4.74 Å². The average molecular weight is 279 g/mol. The van der Waals surface area contributed by atoms with Gasteiger partial charge in [-0.25, -0.2) is 9.69 Å². The molecule has 0 N–H and O–H groups in total. The molecule has 1 atom stereocenters. The van der Waals surface area contributed by atoms with E-state index in [-0.39, 0.29) is 11.3 Å². The fraction of sp³-hybridized carbons (Fsp3) is 0.750. The quantitative estimate of drug-likeness (QED) is 0.636. The van der Waals surface area contributed by atoms with Gasteiger partial charge in [0.1, 0.15) is 5.60 Å². The van der Waals surface area contributed by atoms with Gasteiger partial charge in [0, 0.05) is 6.54 Å². The summed E-state index contributed by atoms with van der Waals surface area (Å²) in [6, 6.07) is 0. The number of hydrogen-bond donors (Lipinski definition) is 0. The van der Waals surface area contributed by atoms with Crippen LogP contribution in [-0.4, -0.2) is 29.0 Å². The molecule has 1 fully saturated rings. The molecular weight excluding hydrogens is 254 g/mol. The van der Waals surface area contributed by atoms with Gasteiger partial charge in [0.15, 0.2) is 0 Å². The van der Waals surface area contributed by atoms with E-state index in [0.29, 0.717) is 6.54 Å². The molecule has 2 aliphatic rings. The molecule has 1 heterocycles. The van der Waals surface area contributed by atoms with Crippen molar-refractivity contribution >= 4 is 12.0 Å². The van der Waals surface area contributed by atoms with Crippen molar-refractivity contribution in [1.29, 1.82) is 0 Å². The van der Waals surface area contributed by atoms with Crippen LogP contribution in [0.15, 0.2) is 12.2 Å². The second-order valence-corrected chi connectivity index (χ2v) is 6.89. The number of carbonyl (C=O) groups excluding carboxylic acids is 2. The Balaban J connectivity index is 2.18. The van der Waals surface area contributed by atoms with E-state index in [1.807, 2.05) is 20.8 Å². The zero-order valence-electron chi connectivity index (χ0n) is 12.8. The Morgan fingerprint density at radius 1 is 1.25 bits per heavy atom. The van der Waals surface area contributed by atoms with Crippen LogP contribution in [0.5, 0.6) is 0 Å². The third-order valence-corrected chi connectivity index (χ3v) is 4.06. The van der Waals surface area contributed by atoms with Crippen LogP contribution in [0.1, 0.15) is 59.3 Å². The van der Waals surface area contributed by atoms with Gasteiger partial charge in [0.2, 0.25) is 5.91 Å². The van der Waals surface area contributed by atoms with Gasteiger partial charge in [-0.05, 0) is 52.9 Å². The number of carbonyl (C=O) groups is 2. The molecular formula is C16H25NO3. The predicted octanol–water partition coefficient (Wildman–Crippen LogP) is 3.66. The van der Waals surface area contributed by atoms with Crippen molar-refractivity contribution < 1.29 is 14.3 Å². The summed E-state index contributed by atoms with van der Waals surface area (Å²) in [6.45, 7) is 5.96. The first-order valence-electron chi connectivity index (χ1n) is 7.54. The molecule has 2 amide bonds. The van der Waals surface area contributed by atoms with E-state index < -0.39 is 11.7 Å². The lowest BCUT2D eigenvalue weighted by molar-refractivity contribution is -0.141. The Hall–Kier alpha value is -1.32. The summed E-state index contributed by atoms with van der Waals surface area (Å²) in [7, 11) is 0. The van der Waals surface area contributed by atoms with Gasteiger partial charge in [-0.3, -0.25) is 4.79 Å². The van der Waals surface area contributed by atoms with Gasteiger partial charge in [-0.15, -0.1) is 0 Å². The summed E-state index contributed by atoms with van der Waals surface area (Å²) in [5.74, 6) is -0.0337. The van der Waals surface area contributed by atoms with Crippen molar-refractivity contribution in [2.45, 2.75) is 64.9 Å². The Labute approximate surface area is 121 Å². The van der Waals surface area contributed by atoms with Crippen molar-refractivity contribution in [1.82, 2.24) is 4.90 Å². The average Bonchev–Trinajstić information content (AvgIpc) is 2.50. The van der Waals surface area contributed by atoms with Crippen molar-refractivity contribution in [2.24, 2.45) is 5.41 Å². The molecule has 0 radical (unpaired) electrons. The van der Waals surface area contributed by atoms with Crippen LogP contribution in [0.25, 0.3) is 0 Å². The van der Waals surface area contributed by atoms with Crippen LogP contribution >= 0.6 is 0 Å². The van der Waals surface area contributed by atoms with E-state index in [2.05, 4.69) is 12.2 Å². The molecule has 0 aromatic carbocycles. The van der Waals surface area contributed by atoms with Crippen molar-refractivity contribution in [3.8, 4) is 0 Å². The molecule has 4 nitrogen and oxygen atoms in total. The minimum absolute atomic E-state index is 0.0337. The standard InChI is InChI=1S/C16H25NO3/c1-15(2,3)20-14(19)17-12-8-7-11-16(13(17)18)9-5-4-6-10-16/h4-5H,6-12H2,1-3H3. The van der Waals surface area contributed by atoms with Crippen molar-refractivity contribution in [3.05, 3.63) is 12.2 Å². The topological polar surface area (TPSA) is 46.6 Å². The van der Waals surface area contributed by atoms with E-state index >= 15 is 0 Å². The zero-order chi connectivity index (χ0) is 14.8. The summed E-state index contributed by atoms with van der Waals surface area (Å²) < 4.78 is 5.39. The molecule has 0 aromatic heterocycles. The van der Waals surface area contributed by atoms with Gasteiger partial charge in [0.05, 0.1) is 5.41 Å². The summed E-state index contributed by atoms with van der Waals surface area (Å²) in [5.41, 5.74) is -0.939. The highest BCUT2D eigenvalue weighted by molar-refractivity contribution is 5.95. The Morgan fingerprint density at radius 2 is 2.00 bits per heavy atom. The molecule has 1 unspecified atom stereocenters. The molecule has 20 heavy (non-hydrogen) atoms. The lowest BCUT2D eigenvalue weighted by Gasteiger charge is -2.35. The summed E-state index contributed by atoms with van der Waals surface area (Å²) in [6.07, 6.45) is 9.01. The normalized spacial score (nSPS) is 27.6. The van der Waals surface area contributed by atoms with Crippen LogP contribution in [0, 0.1) is 5.41 Å². The summed E-state index contributed by atoms with van der Waals surface area (Å²) >= 11 is 0. The lowest BCUT2D eigenvalue weighted by Crippen LogP contribution is -2.47. The first-order chi connectivity index (χ1) is 9.34. The van der Waals surface area contributed by atoms with E-state index in [9.17, 15) is 9.59 Å². The zero-order valence-corrected chi connectivity index (χ0v) is 12.8. The van der Waals surface area contributed by atoms with Crippen LogP contribution in [0.2, 0.25) is 0 Å². The first-order valence-corrected chi connectivity index (χ1v) is 7.54. The minimum atomic E-state index is -0.566. The van der Waals surface area contributed by atoms with E-state index in [1.165, 1.54) is 4.90 Å². The molecule has 1 saturated heterocycles. The maximum absolute atomic E-state index is 12.8. The molecule has 0 bridgehead atoms. The number of allylic oxidation sites excluding steroid dienone is 2. The Morgan fingerprint density at radius 3 is 2.60 bits per heavy atom. The van der Waals surface area contributed by atoms with Gasteiger partial charge >= 0.3 is 6.09 Å². The number of likely N-dealkylation sites (tertiary alicyclic amines) is 1. The van der Waals surface area contributed by atoms with Gasteiger partial charge in [-0.1, -0.05) is 18.6 Å². The van der Waals surface area contributed by atoms with E-state index in [1.54, 1.807) is 0 Å². The smallest absolute Gasteiger partial charge is 0.417 e. The Kier molecular flexibility index (Phi) is 4.21. The largest absolute Gasteiger partial charge is 0.443 e. The van der Waals surface area contributed by atoms with Crippen LogP contribution in [0.3, 0.4) is 0 Å². The highest BCUT2D eigenvalue weighted by atomic mass is 16.6. The second-order valence-electron chi connectivity index (χ2n) is 6.89. The number of amides is 2. The Bertz CT molecular complexity index is 422. The maximum atomic E-state index is 12.8. The predicted molar refractivity (Wildman–Crippen MR) is 77.2 cm³/mol. The third kappa shape index (κ3) is 3.22. The molecule has 1 spiro atoms. The van der Waals surface area contributed by atoms with Crippen LogP contribution in [0.4, 0.5) is 4.79 Å². The fourth-order valence-electron chi connectivity index (χ4n) is 3.03. The van der Waals surface area contributed by atoms with Crippen LogP contribution in [-0.2, 0) is 9.53 Å². The fourth-order valence-corrected chi connectivity index (χ4v) is 3.03. The number of nitrogens with zero attached hydrogens (tertiary/aromatic N) is 1. The number of ether oxygens (including phenoxy) is 1. The molecule has 2 rings (SSSR count). The molecule has 0 aromatic rings. The van der Waals surface area contributed by atoms with Crippen molar-refractivity contribution in [2.75, 3.05) is 6.54 Å².